The van der Waals surface area contributed by atoms with Crippen molar-refractivity contribution in [2.45, 2.75) is 37.1 Å². The van der Waals surface area contributed by atoms with Crippen molar-refractivity contribution in [3.8, 4) is 0 Å². The summed E-state index contributed by atoms with van der Waals surface area (Å²) in [6, 6.07) is 3.70. The van der Waals surface area contributed by atoms with Crippen LogP contribution in [-0.2, 0) is 10.8 Å². The second-order valence-electron chi connectivity index (χ2n) is 4.47. The Labute approximate surface area is 121 Å². The topological polar surface area (TPSA) is 29.1 Å². The molecule has 0 fully saturated rings. The highest BCUT2D eigenvalue weighted by molar-refractivity contribution is 7.85. The maximum Gasteiger partial charge on any atom is 0.0636 e. The van der Waals surface area contributed by atoms with Crippen LogP contribution < -0.4 is 5.32 Å². The van der Waals surface area contributed by atoms with Crippen LogP contribution in [0.3, 0.4) is 0 Å². The summed E-state index contributed by atoms with van der Waals surface area (Å²) in [4.78, 5) is 0.732. The molecular formula is C13H17Cl2NOS. The predicted molar refractivity (Wildman–Crippen MR) is 78.0 cm³/mol. The molecule has 5 heteroatoms. The minimum atomic E-state index is -1.04. The highest BCUT2D eigenvalue weighted by atomic mass is 35.5. The summed E-state index contributed by atoms with van der Waals surface area (Å²) in [6.07, 6.45) is 2.95. The molecule has 1 aliphatic rings. The third-order valence-electron chi connectivity index (χ3n) is 3.13. The molecule has 0 aliphatic carbocycles. The van der Waals surface area contributed by atoms with Crippen molar-refractivity contribution in [3.05, 3.63) is 27.7 Å². The summed E-state index contributed by atoms with van der Waals surface area (Å²) in [7, 11) is -1.04. The van der Waals surface area contributed by atoms with Crippen LogP contribution in [0.15, 0.2) is 17.0 Å². The van der Waals surface area contributed by atoms with Crippen molar-refractivity contribution in [1.29, 1.82) is 0 Å². The van der Waals surface area contributed by atoms with Crippen molar-refractivity contribution in [2.75, 3.05) is 12.3 Å². The van der Waals surface area contributed by atoms with E-state index in [2.05, 4.69) is 12.2 Å². The second kappa shape index (κ2) is 6.38. The third-order valence-corrected chi connectivity index (χ3v) is 5.45. The molecule has 18 heavy (non-hydrogen) atoms. The Kier molecular flexibility index (Phi) is 5.07. The fraction of sp³-hybridized carbons (Fsp3) is 0.538. The van der Waals surface area contributed by atoms with Crippen molar-refractivity contribution in [3.63, 3.8) is 0 Å². The SMILES string of the molecule is CCCNC1CCCS(=O)c2c(Cl)ccc(Cl)c21. The first-order valence-corrected chi connectivity index (χ1v) is 8.32. The average molecular weight is 306 g/mol. The smallest absolute Gasteiger partial charge is 0.0636 e. The van der Waals surface area contributed by atoms with E-state index in [-0.39, 0.29) is 6.04 Å². The number of hydrogen-bond acceptors (Lipinski definition) is 2. The lowest BCUT2D eigenvalue weighted by molar-refractivity contribution is 0.493. The van der Waals surface area contributed by atoms with Crippen molar-refractivity contribution >= 4 is 34.0 Å². The fourth-order valence-corrected chi connectivity index (χ4v) is 4.48. The summed E-state index contributed by atoms with van der Waals surface area (Å²) in [5.74, 6) is 0.664. The lowest BCUT2D eigenvalue weighted by Crippen LogP contribution is -2.22. The van der Waals surface area contributed by atoms with Gasteiger partial charge in [0.05, 0.1) is 20.7 Å². The Balaban J connectivity index is 2.47. The molecule has 0 aromatic heterocycles. The first kappa shape index (κ1) is 14.3. The first-order chi connectivity index (χ1) is 8.65. The van der Waals surface area contributed by atoms with Gasteiger partial charge < -0.3 is 5.32 Å². The molecule has 2 nitrogen and oxygen atoms in total. The Hall–Kier alpha value is -0.0900. The number of hydrogen-bond donors (Lipinski definition) is 1. The molecule has 1 N–H and O–H groups in total. The highest BCUT2D eigenvalue weighted by Gasteiger charge is 2.26. The maximum atomic E-state index is 12.2. The fourth-order valence-electron chi connectivity index (χ4n) is 2.29. The van der Waals surface area contributed by atoms with Gasteiger partial charge >= 0.3 is 0 Å². The molecule has 0 saturated heterocycles. The summed E-state index contributed by atoms with van der Waals surface area (Å²) in [5.41, 5.74) is 0.938. The van der Waals surface area contributed by atoms with E-state index in [0.29, 0.717) is 15.8 Å². The van der Waals surface area contributed by atoms with Gasteiger partial charge in [-0.25, -0.2) is 0 Å². The summed E-state index contributed by atoms with van der Waals surface area (Å²) in [6.45, 7) is 3.06. The van der Waals surface area contributed by atoms with E-state index >= 15 is 0 Å². The van der Waals surface area contributed by atoms with Gasteiger partial charge in [0.1, 0.15) is 0 Å². The van der Waals surface area contributed by atoms with E-state index in [4.69, 9.17) is 23.2 Å². The first-order valence-electron chi connectivity index (χ1n) is 6.24. The zero-order chi connectivity index (χ0) is 13.1. The van der Waals surface area contributed by atoms with Crippen LogP contribution in [0.5, 0.6) is 0 Å². The molecule has 1 aromatic rings. The highest BCUT2D eigenvalue weighted by Crippen LogP contribution is 2.38. The van der Waals surface area contributed by atoms with Crippen molar-refractivity contribution in [2.24, 2.45) is 0 Å². The molecule has 0 spiro atoms. The molecule has 2 rings (SSSR count). The number of halogens is 2. The number of nitrogens with one attached hydrogen (secondary N) is 1. The molecule has 0 radical (unpaired) electrons. The molecule has 1 heterocycles. The van der Waals surface area contributed by atoms with Crippen LogP contribution in [0, 0.1) is 0 Å². The Morgan fingerprint density at radius 2 is 2.11 bits per heavy atom. The zero-order valence-corrected chi connectivity index (χ0v) is 12.7. The van der Waals surface area contributed by atoms with Gasteiger partial charge in [-0.3, -0.25) is 4.21 Å². The normalized spacial score (nSPS) is 23.5. The summed E-state index contributed by atoms with van der Waals surface area (Å²) in [5, 5.41) is 4.71. The zero-order valence-electron chi connectivity index (χ0n) is 10.3. The molecule has 2 unspecified atom stereocenters. The van der Waals surface area contributed by atoms with Gasteiger partial charge in [-0.2, -0.15) is 0 Å². The van der Waals surface area contributed by atoms with Gasteiger partial charge in [-0.1, -0.05) is 30.1 Å². The van der Waals surface area contributed by atoms with Crippen LogP contribution in [0.2, 0.25) is 10.0 Å². The molecule has 1 aliphatic heterocycles. The van der Waals surface area contributed by atoms with E-state index in [9.17, 15) is 4.21 Å². The molecular weight excluding hydrogens is 289 g/mol. The number of rotatable bonds is 3. The van der Waals surface area contributed by atoms with Crippen LogP contribution in [-0.4, -0.2) is 16.5 Å². The Bertz CT molecular complexity index is 465. The average Bonchev–Trinajstić information content (AvgIpc) is 2.52. The molecule has 2 atom stereocenters. The third kappa shape index (κ3) is 2.90. The Morgan fingerprint density at radius 3 is 2.83 bits per heavy atom. The maximum absolute atomic E-state index is 12.2. The minimum Gasteiger partial charge on any atom is -0.310 e. The van der Waals surface area contributed by atoms with E-state index in [1.165, 1.54) is 0 Å². The van der Waals surface area contributed by atoms with Crippen molar-refractivity contribution < 1.29 is 4.21 Å². The predicted octanol–water partition coefficient (Wildman–Crippen LogP) is 3.94. The summed E-state index contributed by atoms with van der Waals surface area (Å²) >= 11 is 12.5. The second-order valence-corrected chi connectivity index (χ2v) is 6.79. The standard InChI is InChI=1S/C13H17Cl2NOS/c1-2-7-16-11-4-3-8-18(17)13-10(15)6-5-9(14)12(11)13/h5-6,11,16H,2-4,7-8H2,1H3. The van der Waals surface area contributed by atoms with Crippen LogP contribution in [0.25, 0.3) is 0 Å². The van der Waals surface area contributed by atoms with Crippen LogP contribution in [0.4, 0.5) is 0 Å². The summed E-state index contributed by atoms with van der Waals surface area (Å²) < 4.78 is 12.2. The lowest BCUT2D eigenvalue weighted by Gasteiger charge is -2.20. The molecule has 0 saturated carbocycles. The molecule has 1 aromatic carbocycles. The monoisotopic (exact) mass is 305 g/mol. The van der Waals surface area contributed by atoms with E-state index in [1.54, 1.807) is 12.1 Å². The number of fused-ring (bicyclic) bond motifs is 1. The molecule has 0 amide bonds. The van der Waals surface area contributed by atoms with Gasteiger partial charge in [0.25, 0.3) is 0 Å². The minimum absolute atomic E-state index is 0.164. The van der Waals surface area contributed by atoms with Crippen LogP contribution >= 0.6 is 23.2 Å². The van der Waals surface area contributed by atoms with Gasteiger partial charge in [-0.15, -0.1) is 0 Å². The van der Waals surface area contributed by atoms with E-state index in [1.807, 2.05) is 0 Å². The Morgan fingerprint density at radius 1 is 1.39 bits per heavy atom. The number of benzene rings is 1. The quantitative estimate of drug-likeness (QED) is 0.916. The van der Waals surface area contributed by atoms with Gasteiger partial charge in [0.2, 0.25) is 0 Å². The van der Waals surface area contributed by atoms with E-state index < -0.39 is 10.8 Å². The molecule has 0 bridgehead atoms. The van der Waals surface area contributed by atoms with Gasteiger partial charge in [0.15, 0.2) is 0 Å². The largest absolute Gasteiger partial charge is 0.310 e. The van der Waals surface area contributed by atoms with Gasteiger partial charge in [-0.05, 0) is 37.9 Å². The van der Waals surface area contributed by atoms with E-state index in [0.717, 1.165) is 36.3 Å². The lowest BCUT2D eigenvalue weighted by atomic mass is 10.0. The molecule has 100 valence electrons. The van der Waals surface area contributed by atoms with Gasteiger partial charge in [0, 0.05) is 22.4 Å². The van der Waals surface area contributed by atoms with Crippen molar-refractivity contribution in [1.82, 2.24) is 5.32 Å². The van der Waals surface area contributed by atoms with Crippen LogP contribution in [0.1, 0.15) is 37.8 Å².